The number of rotatable bonds is 1. The van der Waals surface area contributed by atoms with E-state index in [2.05, 4.69) is 9.97 Å². The molecule has 14 heavy (non-hydrogen) atoms. The molecule has 2 N–H and O–H groups in total. The summed E-state index contributed by atoms with van der Waals surface area (Å²) >= 11 is 0. The maximum Gasteiger partial charge on any atom is 0.321 e. The lowest BCUT2D eigenvalue weighted by Crippen LogP contribution is -1.97. The van der Waals surface area contributed by atoms with Crippen LogP contribution in [0.15, 0.2) is 4.42 Å². The van der Waals surface area contributed by atoms with Crippen LogP contribution < -0.4 is 10.5 Å². The average molecular weight is 193 g/mol. The van der Waals surface area contributed by atoms with E-state index in [1.165, 1.54) is 7.11 Å². The van der Waals surface area contributed by atoms with E-state index < -0.39 is 0 Å². The van der Waals surface area contributed by atoms with Gasteiger partial charge in [-0.3, -0.25) is 0 Å². The van der Waals surface area contributed by atoms with Gasteiger partial charge in [-0.25, -0.2) is 0 Å². The highest BCUT2D eigenvalue weighted by Crippen LogP contribution is 2.28. The number of hydrogen-bond donors (Lipinski definition) is 1. The van der Waals surface area contributed by atoms with Gasteiger partial charge >= 0.3 is 6.01 Å². The van der Waals surface area contributed by atoms with Gasteiger partial charge in [0.05, 0.1) is 12.5 Å². The maximum absolute atomic E-state index is 5.76. The van der Waals surface area contributed by atoms with Crippen molar-refractivity contribution in [1.82, 2.24) is 9.97 Å². The number of aromatic nitrogens is 2. The molecule has 2 heterocycles. The minimum Gasteiger partial charge on any atom is -0.467 e. The van der Waals surface area contributed by atoms with E-state index in [9.17, 15) is 0 Å². The molecule has 2 rings (SSSR count). The van der Waals surface area contributed by atoms with Gasteiger partial charge in [0.1, 0.15) is 11.6 Å². The fourth-order valence-corrected chi connectivity index (χ4v) is 1.35. The fraction of sp³-hybridized carbons (Fsp3) is 0.333. The van der Waals surface area contributed by atoms with E-state index in [-0.39, 0.29) is 6.01 Å². The summed E-state index contributed by atoms with van der Waals surface area (Å²) in [5.74, 6) is 1.19. The number of furan rings is 1. The molecular formula is C9H11N3O2. The third-order valence-corrected chi connectivity index (χ3v) is 2.22. The van der Waals surface area contributed by atoms with E-state index in [1.54, 1.807) is 0 Å². The fourth-order valence-electron chi connectivity index (χ4n) is 1.35. The second kappa shape index (κ2) is 2.87. The Hall–Kier alpha value is -1.78. The number of ether oxygens (including phenoxy) is 1. The lowest BCUT2D eigenvalue weighted by molar-refractivity contribution is 0.379. The van der Waals surface area contributed by atoms with Gasteiger partial charge in [-0.15, -0.1) is 0 Å². The third kappa shape index (κ3) is 1.09. The smallest absolute Gasteiger partial charge is 0.321 e. The van der Waals surface area contributed by atoms with Gasteiger partial charge in [-0.2, -0.15) is 9.97 Å². The molecule has 74 valence electrons. The number of nitrogen functional groups attached to an aromatic ring is 1. The van der Waals surface area contributed by atoms with Gasteiger partial charge in [-0.1, -0.05) is 0 Å². The van der Waals surface area contributed by atoms with Crippen LogP contribution in [-0.4, -0.2) is 17.1 Å². The molecule has 0 aliphatic carbocycles. The van der Waals surface area contributed by atoms with Crippen LogP contribution in [0.4, 0.5) is 5.82 Å². The minimum absolute atomic E-state index is 0.226. The second-order valence-electron chi connectivity index (χ2n) is 3.06. The van der Waals surface area contributed by atoms with Crippen molar-refractivity contribution in [3.05, 3.63) is 11.3 Å². The summed E-state index contributed by atoms with van der Waals surface area (Å²) in [7, 11) is 1.49. The Morgan fingerprint density at radius 3 is 2.64 bits per heavy atom. The molecule has 0 radical (unpaired) electrons. The summed E-state index contributed by atoms with van der Waals surface area (Å²) in [6.45, 7) is 3.79. The Morgan fingerprint density at radius 1 is 1.29 bits per heavy atom. The predicted molar refractivity (Wildman–Crippen MR) is 52.2 cm³/mol. The lowest BCUT2D eigenvalue weighted by atomic mass is 10.2. The van der Waals surface area contributed by atoms with Crippen molar-refractivity contribution >= 4 is 16.9 Å². The molecule has 2 aromatic rings. The molecular weight excluding hydrogens is 182 g/mol. The van der Waals surface area contributed by atoms with Crippen LogP contribution in [0.25, 0.3) is 11.1 Å². The van der Waals surface area contributed by atoms with Gasteiger partial charge in [0, 0.05) is 5.56 Å². The molecule has 0 unspecified atom stereocenters. The molecule has 0 aromatic carbocycles. The zero-order valence-electron chi connectivity index (χ0n) is 8.29. The highest BCUT2D eigenvalue weighted by molar-refractivity contribution is 5.88. The number of hydrogen-bond acceptors (Lipinski definition) is 5. The van der Waals surface area contributed by atoms with Crippen molar-refractivity contribution in [3.8, 4) is 6.01 Å². The Bertz CT molecular complexity index is 490. The molecule has 0 saturated carbocycles. The summed E-state index contributed by atoms with van der Waals surface area (Å²) in [6, 6.07) is 0.226. The largest absolute Gasteiger partial charge is 0.467 e. The number of nitrogens with two attached hydrogens (primary N) is 1. The highest BCUT2D eigenvalue weighted by Gasteiger charge is 2.14. The Labute approximate surface area is 80.9 Å². The molecule has 0 saturated heterocycles. The van der Waals surface area contributed by atoms with Crippen LogP contribution in [0.3, 0.4) is 0 Å². The van der Waals surface area contributed by atoms with Crippen molar-refractivity contribution in [2.45, 2.75) is 13.8 Å². The van der Waals surface area contributed by atoms with Crippen LogP contribution in [0.2, 0.25) is 0 Å². The number of methoxy groups -OCH3 is 1. The molecule has 0 fully saturated rings. The minimum atomic E-state index is 0.226. The topological polar surface area (TPSA) is 74.2 Å². The molecule has 0 aliphatic rings. The van der Waals surface area contributed by atoms with E-state index >= 15 is 0 Å². The molecule has 0 amide bonds. The van der Waals surface area contributed by atoms with E-state index in [4.69, 9.17) is 14.9 Å². The number of anilines is 1. The van der Waals surface area contributed by atoms with Crippen molar-refractivity contribution in [1.29, 1.82) is 0 Å². The SMILES string of the molecule is COc1nc(N)c2c(C)c(C)oc2n1. The summed E-state index contributed by atoms with van der Waals surface area (Å²) in [5, 5.41) is 0.767. The van der Waals surface area contributed by atoms with Gasteiger partial charge < -0.3 is 14.9 Å². The Kier molecular flexibility index (Phi) is 1.80. The lowest BCUT2D eigenvalue weighted by Gasteiger charge is -1.99. The van der Waals surface area contributed by atoms with Crippen LogP contribution in [0.1, 0.15) is 11.3 Å². The van der Waals surface area contributed by atoms with Crippen molar-refractivity contribution in [2.24, 2.45) is 0 Å². The van der Waals surface area contributed by atoms with E-state index in [1.807, 2.05) is 13.8 Å². The first-order valence-corrected chi connectivity index (χ1v) is 4.20. The summed E-state index contributed by atoms with van der Waals surface area (Å²) < 4.78 is 10.3. The molecule has 5 heteroatoms. The molecule has 5 nitrogen and oxygen atoms in total. The zero-order valence-corrected chi connectivity index (χ0v) is 8.29. The number of aryl methyl sites for hydroxylation is 2. The van der Waals surface area contributed by atoms with Crippen LogP contribution >= 0.6 is 0 Å². The van der Waals surface area contributed by atoms with Gasteiger partial charge in [0.25, 0.3) is 0 Å². The average Bonchev–Trinajstić information content (AvgIpc) is 2.43. The van der Waals surface area contributed by atoms with Crippen molar-refractivity contribution in [2.75, 3.05) is 12.8 Å². The van der Waals surface area contributed by atoms with Crippen LogP contribution in [0.5, 0.6) is 6.01 Å². The van der Waals surface area contributed by atoms with Crippen molar-refractivity contribution < 1.29 is 9.15 Å². The standard InChI is InChI=1S/C9H11N3O2/c1-4-5(2)14-8-6(4)7(10)11-9(12-8)13-3/h1-3H3,(H2,10,11,12). The predicted octanol–water partition coefficient (Wildman–Crippen LogP) is 1.43. The summed E-state index contributed by atoms with van der Waals surface area (Å²) in [5.41, 5.74) is 7.20. The first-order valence-electron chi connectivity index (χ1n) is 4.20. The van der Waals surface area contributed by atoms with Gasteiger partial charge in [0.2, 0.25) is 5.71 Å². The number of fused-ring (bicyclic) bond motifs is 1. The van der Waals surface area contributed by atoms with Crippen molar-refractivity contribution in [3.63, 3.8) is 0 Å². The van der Waals surface area contributed by atoms with Crippen LogP contribution in [-0.2, 0) is 0 Å². The molecule has 0 aliphatic heterocycles. The summed E-state index contributed by atoms with van der Waals surface area (Å²) in [4.78, 5) is 8.03. The van der Waals surface area contributed by atoms with Gasteiger partial charge in [0.15, 0.2) is 0 Å². The molecule has 2 aromatic heterocycles. The maximum atomic E-state index is 5.76. The number of nitrogens with zero attached hydrogens (tertiary/aromatic N) is 2. The first kappa shape index (κ1) is 8.80. The Morgan fingerprint density at radius 2 is 2.00 bits per heavy atom. The molecule has 0 bridgehead atoms. The van der Waals surface area contributed by atoms with E-state index in [0.717, 1.165) is 16.7 Å². The molecule has 0 spiro atoms. The van der Waals surface area contributed by atoms with Crippen LogP contribution in [0, 0.1) is 13.8 Å². The Balaban J connectivity index is 2.83. The zero-order chi connectivity index (χ0) is 10.3. The molecule has 0 atom stereocenters. The first-order chi connectivity index (χ1) is 6.63. The monoisotopic (exact) mass is 193 g/mol. The normalized spacial score (nSPS) is 10.8. The second-order valence-corrected chi connectivity index (χ2v) is 3.06. The highest BCUT2D eigenvalue weighted by atomic mass is 16.5. The summed E-state index contributed by atoms with van der Waals surface area (Å²) in [6.07, 6.45) is 0. The van der Waals surface area contributed by atoms with Gasteiger partial charge in [-0.05, 0) is 13.8 Å². The quantitative estimate of drug-likeness (QED) is 0.741. The third-order valence-electron chi connectivity index (χ3n) is 2.22. The van der Waals surface area contributed by atoms with E-state index in [0.29, 0.717) is 11.5 Å².